The number of rotatable bonds is 3. The Balaban J connectivity index is 4.38. The highest BCUT2D eigenvalue weighted by Gasteiger charge is 2.40. The molecule has 1 atom stereocenters. The van der Waals surface area contributed by atoms with Crippen molar-refractivity contribution in [2.24, 2.45) is 0 Å². The molecule has 60 valence electrons. The highest BCUT2D eigenvalue weighted by molar-refractivity contribution is 6.46. The van der Waals surface area contributed by atoms with E-state index in [1.54, 1.807) is 0 Å². The van der Waals surface area contributed by atoms with Crippen LogP contribution < -0.4 is 0 Å². The van der Waals surface area contributed by atoms with Crippen molar-refractivity contribution in [1.82, 2.24) is 0 Å². The van der Waals surface area contributed by atoms with E-state index >= 15 is 0 Å². The van der Waals surface area contributed by atoms with E-state index in [1.807, 2.05) is 0 Å². The summed E-state index contributed by atoms with van der Waals surface area (Å²) in [6.07, 6.45) is -0.0139. The summed E-state index contributed by atoms with van der Waals surface area (Å²) >= 11 is 10.4. The van der Waals surface area contributed by atoms with E-state index < -0.39 is 16.4 Å². The van der Waals surface area contributed by atoms with Gasteiger partial charge in [0, 0.05) is 0 Å². The lowest BCUT2D eigenvalue weighted by atomic mass is 10.0. The fourth-order valence-electron chi connectivity index (χ4n) is 0.399. The third kappa shape index (κ3) is 1.75. The summed E-state index contributed by atoms with van der Waals surface area (Å²) in [6.45, 7) is 1.49. The predicted octanol–water partition coefficient (Wildman–Crippen LogP) is 1.02. The molecule has 0 aliphatic heterocycles. The number of carbonyl (C=O) groups is 1. The molecule has 0 rings (SSSR count). The minimum absolute atomic E-state index is 0.0139. The van der Waals surface area contributed by atoms with Gasteiger partial charge in [0.15, 0.2) is 5.60 Å². The zero-order valence-corrected chi connectivity index (χ0v) is 6.85. The van der Waals surface area contributed by atoms with Crippen LogP contribution in [0.5, 0.6) is 0 Å². The van der Waals surface area contributed by atoms with E-state index in [2.05, 4.69) is 0 Å². The second kappa shape index (κ2) is 3.42. The molecule has 5 heteroatoms. The first kappa shape index (κ1) is 10.0. The highest BCUT2D eigenvalue weighted by Crippen LogP contribution is 2.23. The van der Waals surface area contributed by atoms with E-state index in [9.17, 15) is 4.79 Å². The Morgan fingerprint density at radius 1 is 1.70 bits per heavy atom. The van der Waals surface area contributed by atoms with Gasteiger partial charge in [0.05, 0.1) is 0 Å². The molecule has 10 heavy (non-hydrogen) atoms. The average molecular weight is 187 g/mol. The maximum atomic E-state index is 10.3. The number of halogens is 2. The van der Waals surface area contributed by atoms with E-state index in [4.69, 9.17) is 33.4 Å². The van der Waals surface area contributed by atoms with Crippen molar-refractivity contribution in [2.75, 3.05) is 0 Å². The van der Waals surface area contributed by atoms with Crippen LogP contribution in [0.25, 0.3) is 0 Å². The number of carboxylic acid groups (broad SMARTS) is 1. The Bertz CT molecular complexity index is 137. The average Bonchev–Trinajstić information content (AvgIpc) is 1.85. The molecule has 0 amide bonds. The third-order valence-electron chi connectivity index (χ3n) is 1.27. The molecule has 0 heterocycles. The Labute approximate surface area is 68.6 Å². The Morgan fingerprint density at radius 3 is 2.10 bits per heavy atom. The van der Waals surface area contributed by atoms with Crippen LogP contribution in [0.4, 0.5) is 0 Å². The Morgan fingerprint density at radius 2 is 2.10 bits per heavy atom. The standard InChI is InChI=1S/C5H8Cl2O3/c1-2-5(10,3(6)7)4(8)9/h3,10H,2H2,1H3,(H,8,9). The van der Waals surface area contributed by atoms with Crippen molar-refractivity contribution in [3.8, 4) is 0 Å². The summed E-state index contributed by atoms with van der Waals surface area (Å²) < 4.78 is 0. The SMILES string of the molecule is CCC(O)(C(=O)O)C(Cl)Cl. The van der Waals surface area contributed by atoms with Gasteiger partial charge in [-0.1, -0.05) is 6.92 Å². The molecule has 0 aromatic carbocycles. The van der Waals surface area contributed by atoms with Gasteiger partial charge >= 0.3 is 5.97 Å². The first-order chi connectivity index (χ1) is 4.45. The smallest absolute Gasteiger partial charge is 0.338 e. The van der Waals surface area contributed by atoms with Crippen molar-refractivity contribution >= 4 is 29.2 Å². The topological polar surface area (TPSA) is 57.5 Å². The fourth-order valence-corrected chi connectivity index (χ4v) is 0.894. The van der Waals surface area contributed by atoms with Crippen molar-refractivity contribution in [1.29, 1.82) is 0 Å². The zero-order valence-electron chi connectivity index (χ0n) is 5.34. The number of hydrogen-bond acceptors (Lipinski definition) is 2. The summed E-state index contributed by atoms with van der Waals surface area (Å²) in [5.41, 5.74) is -2.01. The fraction of sp³-hybridized carbons (Fsp3) is 0.800. The van der Waals surface area contributed by atoms with Gasteiger partial charge in [-0.15, -0.1) is 23.2 Å². The number of aliphatic carboxylic acids is 1. The largest absolute Gasteiger partial charge is 0.479 e. The quantitative estimate of drug-likeness (QED) is 0.648. The molecule has 0 bridgehead atoms. The van der Waals surface area contributed by atoms with E-state index in [0.29, 0.717) is 0 Å². The third-order valence-corrected chi connectivity index (χ3v) is 1.99. The summed E-state index contributed by atoms with van der Waals surface area (Å²) in [5, 5.41) is 17.5. The molecule has 0 saturated heterocycles. The van der Waals surface area contributed by atoms with Gasteiger partial charge in [-0.2, -0.15) is 0 Å². The van der Waals surface area contributed by atoms with Gasteiger partial charge in [-0.05, 0) is 6.42 Å². The minimum atomic E-state index is -2.01. The maximum absolute atomic E-state index is 10.3. The monoisotopic (exact) mass is 186 g/mol. The molecule has 0 fully saturated rings. The first-order valence-corrected chi connectivity index (χ1v) is 3.56. The lowest BCUT2D eigenvalue weighted by Crippen LogP contribution is -2.43. The lowest BCUT2D eigenvalue weighted by Gasteiger charge is -2.21. The minimum Gasteiger partial charge on any atom is -0.479 e. The van der Waals surface area contributed by atoms with Crippen LogP contribution in [0.1, 0.15) is 13.3 Å². The number of carboxylic acids is 1. The van der Waals surface area contributed by atoms with Crippen LogP contribution in [0, 0.1) is 0 Å². The molecular weight excluding hydrogens is 179 g/mol. The number of aliphatic hydroxyl groups is 1. The van der Waals surface area contributed by atoms with Gasteiger partial charge in [-0.25, -0.2) is 4.79 Å². The molecular formula is C5H8Cl2O3. The van der Waals surface area contributed by atoms with Crippen LogP contribution >= 0.6 is 23.2 Å². The highest BCUT2D eigenvalue weighted by atomic mass is 35.5. The van der Waals surface area contributed by atoms with E-state index in [-0.39, 0.29) is 6.42 Å². The summed E-state index contributed by atoms with van der Waals surface area (Å²) in [7, 11) is 0. The van der Waals surface area contributed by atoms with Gasteiger partial charge in [0.2, 0.25) is 0 Å². The number of hydrogen-bond donors (Lipinski definition) is 2. The van der Waals surface area contributed by atoms with Crippen LogP contribution in [0.2, 0.25) is 0 Å². The molecule has 0 radical (unpaired) electrons. The Hall–Kier alpha value is 0.01000. The van der Waals surface area contributed by atoms with Gasteiger partial charge in [-0.3, -0.25) is 0 Å². The lowest BCUT2D eigenvalue weighted by molar-refractivity contribution is -0.157. The summed E-state index contributed by atoms with van der Waals surface area (Å²) in [4.78, 5) is 8.98. The van der Waals surface area contributed by atoms with Crippen LogP contribution in [0.15, 0.2) is 0 Å². The molecule has 0 spiro atoms. The summed E-state index contributed by atoms with van der Waals surface area (Å²) in [5.74, 6) is -1.40. The molecule has 0 aliphatic rings. The van der Waals surface area contributed by atoms with E-state index in [0.717, 1.165) is 0 Å². The van der Waals surface area contributed by atoms with Gasteiger partial charge in [0.25, 0.3) is 0 Å². The van der Waals surface area contributed by atoms with Crippen molar-refractivity contribution in [2.45, 2.75) is 23.8 Å². The molecule has 2 N–H and O–H groups in total. The maximum Gasteiger partial charge on any atom is 0.338 e. The van der Waals surface area contributed by atoms with Crippen molar-refractivity contribution < 1.29 is 15.0 Å². The first-order valence-electron chi connectivity index (χ1n) is 2.69. The molecule has 0 aliphatic carbocycles. The Kier molecular flexibility index (Phi) is 3.42. The van der Waals surface area contributed by atoms with Crippen LogP contribution in [0.3, 0.4) is 0 Å². The van der Waals surface area contributed by atoms with E-state index in [1.165, 1.54) is 6.92 Å². The van der Waals surface area contributed by atoms with Crippen molar-refractivity contribution in [3.05, 3.63) is 0 Å². The number of alkyl halides is 2. The van der Waals surface area contributed by atoms with Gasteiger partial charge in [0.1, 0.15) is 4.84 Å². The van der Waals surface area contributed by atoms with Gasteiger partial charge < -0.3 is 10.2 Å². The molecule has 0 aromatic rings. The molecule has 1 unspecified atom stereocenters. The predicted molar refractivity (Wildman–Crippen MR) is 38.4 cm³/mol. The molecule has 3 nitrogen and oxygen atoms in total. The van der Waals surface area contributed by atoms with Crippen molar-refractivity contribution in [3.63, 3.8) is 0 Å². The second-order valence-corrected chi connectivity index (χ2v) is 2.98. The normalized spacial score (nSPS) is 16.9. The second-order valence-electron chi connectivity index (χ2n) is 1.88. The molecule has 0 saturated carbocycles. The zero-order chi connectivity index (χ0) is 8.36. The summed E-state index contributed by atoms with van der Waals surface area (Å²) in [6, 6.07) is 0. The van der Waals surface area contributed by atoms with Crippen LogP contribution in [-0.4, -0.2) is 26.6 Å². The molecule has 0 aromatic heterocycles. The van der Waals surface area contributed by atoms with Crippen LogP contribution in [-0.2, 0) is 4.79 Å².